The largest absolute Gasteiger partial charge is 0.462 e. The van der Waals surface area contributed by atoms with Crippen molar-refractivity contribution in [3.8, 4) is 0 Å². The molecule has 1 amide bonds. The lowest BCUT2D eigenvalue weighted by Crippen LogP contribution is -2.20. The van der Waals surface area contributed by atoms with Gasteiger partial charge in [-0.3, -0.25) is 4.79 Å². The smallest absolute Gasteiger partial charge is 0.338 e. The Morgan fingerprint density at radius 1 is 1.41 bits per heavy atom. The van der Waals surface area contributed by atoms with Crippen molar-refractivity contribution in [2.24, 2.45) is 0 Å². The van der Waals surface area contributed by atoms with E-state index in [1.807, 2.05) is 6.92 Å². The fourth-order valence-corrected chi connectivity index (χ4v) is 1.21. The van der Waals surface area contributed by atoms with Crippen LogP contribution in [0.3, 0.4) is 0 Å². The number of nitrogens with one attached hydrogen (secondary N) is 1. The van der Waals surface area contributed by atoms with Crippen molar-refractivity contribution in [2.75, 3.05) is 19.4 Å². The van der Waals surface area contributed by atoms with Crippen LogP contribution in [0.25, 0.3) is 0 Å². The van der Waals surface area contributed by atoms with E-state index in [1.165, 1.54) is 7.05 Å². The van der Waals surface area contributed by atoms with Gasteiger partial charge in [-0.05, 0) is 24.6 Å². The highest BCUT2D eigenvalue weighted by Gasteiger charge is 2.09. The molecule has 0 radical (unpaired) electrons. The van der Waals surface area contributed by atoms with Crippen LogP contribution in [0.15, 0.2) is 18.2 Å². The summed E-state index contributed by atoms with van der Waals surface area (Å²) >= 11 is 0. The fraction of sp³-hybridized carbons (Fsp3) is 0.333. The molecule has 0 spiro atoms. The molecule has 17 heavy (non-hydrogen) atoms. The third kappa shape index (κ3) is 3.79. The van der Waals surface area contributed by atoms with Gasteiger partial charge in [0.2, 0.25) is 5.91 Å². The summed E-state index contributed by atoms with van der Waals surface area (Å²) in [5.41, 5.74) is 7.53. The van der Waals surface area contributed by atoms with Crippen LogP contribution in [-0.2, 0) is 9.53 Å². The molecule has 0 unspecified atom stereocenters. The second-order valence-corrected chi connectivity index (χ2v) is 3.63. The topological polar surface area (TPSA) is 81.4 Å². The Hall–Kier alpha value is -2.04. The van der Waals surface area contributed by atoms with E-state index in [-0.39, 0.29) is 18.9 Å². The Bertz CT molecular complexity index is 430. The minimum absolute atomic E-state index is 0.0618. The summed E-state index contributed by atoms with van der Waals surface area (Å²) in [4.78, 5) is 22.5. The maximum atomic E-state index is 11.6. The molecule has 1 aromatic carbocycles. The van der Waals surface area contributed by atoms with E-state index < -0.39 is 5.97 Å². The number of nitrogens with two attached hydrogens (primary N) is 1. The standard InChI is InChI=1S/C12H16N2O3/c1-8-3-4-9(7-10(8)13)12(16)17-6-5-11(15)14-2/h3-4,7H,5-6,13H2,1-2H3,(H,14,15). The molecule has 0 atom stereocenters. The summed E-state index contributed by atoms with van der Waals surface area (Å²) in [6.45, 7) is 1.92. The van der Waals surface area contributed by atoms with Crippen molar-refractivity contribution >= 4 is 17.6 Å². The van der Waals surface area contributed by atoms with Crippen LogP contribution in [0, 0.1) is 6.92 Å². The number of carbonyl (C=O) groups excluding carboxylic acids is 2. The normalized spacial score (nSPS) is 9.76. The molecule has 0 fully saturated rings. The Kier molecular flexibility index (Phi) is 4.51. The second-order valence-electron chi connectivity index (χ2n) is 3.63. The van der Waals surface area contributed by atoms with Gasteiger partial charge in [-0.2, -0.15) is 0 Å². The van der Waals surface area contributed by atoms with Gasteiger partial charge in [-0.25, -0.2) is 4.79 Å². The second kappa shape index (κ2) is 5.89. The van der Waals surface area contributed by atoms with Gasteiger partial charge >= 0.3 is 5.97 Å². The summed E-state index contributed by atoms with van der Waals surface area (Å²) in [7, 11) is 1.53. The molecule has 0 bridgehead atoms. The monoisotopic (exact) mass is 236 g/mol. The van der Waals surface area contributed by atoms with Crippen molar-refractivity contribution in [2.45, 2.75) is 13.3 Å². The molecule has 1 aromatic rings. The van der Waals surface area contributed by atoms with Crippen LogP contribution in [0.1, 0.15) is 22.3 Å². The number of amides is 1. The Morgan fingerprint density at radius 2 is 2.12 bits per heavy atom. The maximum absolute atomic E-state index is 11.6. The van der Waals surface area contributed by atoms with Crippen LogP contribution in [0.5, 0.6) is 0 Å². The van der Waals surface area contributed by atoms with Gasteiger partial charge in [-0.1, -0.05) is 6.07 Å². The van der Waals surface area contributed by atoms with Gasteiger partial charge < -0.3 is 15.8 Å². The Labute approximate surface area is 99.9 Å². The van der Waals surface area contributed by atoms with Crippen molar-refractivity contribution in [3.05, 3.63) is 29.3 Å². The summed E-state index contributed by atoms with van der Waals surface area (Å²) in [5.74, 6) is -0.637. The average molecular weight is 236 g/mol. The van der Waals surface area contributed by atoms with Crippen molar-refractivity contribution in [1.82, 2.24) is 5.32 Å². The van der Waals surface area contributed by atoms with Gasteiger partial charge in [-0.15, -0.1) is 0 Å². The number of ether oxygens (including phenoxy) is 1. The first kappa shape index (κ1) is 13.0. The molecular formula is C12H16N2O3. The lowest BCUT2D eigenvalue weighted by Gasteiger charge is -2.06. The van der Waals surface area contributed by atoms with Gasteiger partial charge in [0.1, 0.15) is 6.61 Å². The van der Waals surface area contributed by atoms with Crippen molar-refractivity contribution in [1.29, 1.82) is 0 Å². The first-order chi connectivity index (χ1) is 8.04. The van der Waals surface area contributed by atoms with Crippen molar-refractivity contribution < 1.29 is 14.3 Å². The van der Waals surface area contributed by atoms with Gasteiger partial charge in [0.05, 0.1) is 12.0 Å². The quantitative estimate of drug-likeness (QED) is 0.600. The molecule has 5 nitrogen and oxygen atoms in total. The molecular weight excluding hydrogens is 220 g/mol. The molecule has 92 valence electrons. The van der Waals surface area contributed by atoms with Crippen molar-refractivity contribution in [3.63, 3.8) is 0 Å². The number of aryl methyl sites for hydroxylation is 1. The zero-order valence-corrected chi connectivity index (χ0v) is 9.95. The summed E-state index contributed by atoms with van der Waals surface area (Å²) in [6, 6.07) is 4.97. The van der Waals surface area contributed by atoms with Gasteiger partial charge in [0, 0.05) is 12.7 Å². The van der Waals surface area contributed by atoms with Crippen LogP contribution in [0.2, 0.25) is 0 Å². The number of anilines is 1. The molecule has 5 heteroatoms. The Balaban J connectivity index is 2.52. The highest BCUT2D eigenvalue weighted by Crippen LogP contribution is 2.13. The zero-order valence-electron chi connectivity index (χ0n) is 9.95. The summed E-state index contributed by atoms with van der Waals surface area (Å²) in [5, 5.41) is 2.44. The van der Waals surface area contributed by atoms with Gasteiger partial charge in [0.15, 0.2) is 0 Å². The number of esters is 1. The average Bonchev–Trinajstić information content (AvgIpc) is 2.32. The lowest BCUT2D eigenvalue weighted by molar-refractivity contribution is -0.121. The predicted octanol–water partition coefficient (Wildman–Crippen LogP) is 0.870. The van der Waals surface area contributed by atoms with Crippen LogP contribution < -0.4 is 11.1 Å². The molecule has 3 N–H and O–H groups in total. The maximum Gasteiger partial charge on any atom is 0.338 e. The van der Waals surface area contributed by atoms with E-state index in [1.54, 1.807) is 18.2 Å². The molecule has 0 aliphatic rings. The summed E-state index contributed by atoms with van der Waals surface area (Å²) in [6.07, 6.45) is 0.156. The molecule has 0 saturated heterocycles. The van der Waals surface area contributed by atoms with E-state index >= 15 is 0 Å². The van der Waals surface area contributed by atoms with Crippen LogP contribution >= 0.6 is 0 Å². The SMILES string of the molecule is CNC(=O)CCOC(=O)c1ccc(C)c(N)c1. The highest BCUT2D eigenvalue weighted by molar-refractivity contribution is 5.90. The van der Waals surface area contributed by atoms with Crippen LogP contribution in [0.4, 0.5) is 5.69 Å². The molecule has 0 saturated carbocycles. The van der Waals surface area contributed by atoms with E-state index in [0.717, 1.165) is 5.56 Å². The molecule has 0 aromatic heterocycles. The number of hydrogen-bond donors (Lipinski definition) is 2. The first-order valence-corrected chi connectivity index (χ1v) is 5.28. The van der Waals surface area contributed by atoms with E-state index in [4.69, 9.17) is 10.5 Å². The first-order valence-electron chi connectivity index (χ1n) is 5.28. The fourth-order valence-electron chi connectivity index (χ4n) is 1.21. The van der Waals surface area contributed by atoms with Gasteiger partial charge in [0.25, 0.3) is 0 Å². The minimum atomic E-state index is -0.472. The van der Waals surface area contributed by atoms with E-state index in [2.05, 4.69) is 5.32 Å². The molecule has 0 aliphatic carbocycles. The predicted molar refractivity (Wildman–Crippen MR) is 64.6 cm³/mol. The lowest BCUT2D eigenvalue weighted by atomic mass is 10.1. The summed E-state index contributed by atoms with van der Waals surface area (Å²) < 4.78 is 4.94. The number of nitrogen functional groups attached to an aromatic ring is 1. The number of benzene rings is 1. The van der Waals surface area contributed by atoms with Crippen LogP contribution in [-0.4, -0.2) is 25.5 Å². The molecule has 1 rings (SSSR count). The molecule has 0 heterocycles. The zero-order chi connectivity index (χ0) is 12.8. The van der Waals surface area contributed by atoms with E-state index in [0.29, 0.717) is 11.3 Å². The van der Waals surface area contributed by atoms with E-state index in [9.17, 15) is 9.59 Å². The third-order valence-electron chi connectivity index (χ3n) is 2.36. The molecule has 0 aliphatic heterocycles. The highest BCUT2D eigenvalue weighted by atomic mass is 16.5. The number of hydrogen-bond acceptors (Lipinski definition) is 4. The minimum Gasteiger partial charge on any atom is -0.462 e. The third-order valence-corrected chi connectivity index (χ3v) is 2.36. The number of carbonyl (C=O) groups is 2. The Morgan fingerprint density at radius 3 is 2.71 bits per heavy atom. The number of rotatable bonds is 4.